The van der Waals surface area contributed by atoms with Crippen LogP contribution in [0.15, 0.2) is 41.3 Å². The van der Waals surface area contributed by atoms with E-state index in [1.165, 1.54) is 23.4 Å². The molecule has 1 N–H and O–H groups in total. The van der Waals surface area contributed by atoms with Gasteiger partial charge < -0.3 is 24.3 Å². The molecule has 10 nitrogen and oxygen atoms in total. The van der Waals surface area contributed by atoms with Crippen molar-refractivity contribution in [2.75, 3.05) is 25.2 Å². The standard InChI is InChI=1S/C23H25ClN2O8S/c1-13-10-26(11-14(2)33-13)35(29,30)21-8-16(4-6-18(21)24)23(28)34-15(3)22(27)25-17-5-7-19-20(9-17)32-12-31-19/h4-9,13-15H,10-12H2,1-3H3,(H,25,27)/t13-,14+,15-/m1/s1. The Bertz CT molecular complexity index is 1240. The zero-order valence-corrected chi connectivity index (χ0v) is 20.9. The van der Waals surface area contributed by atoms with Crippen LogP contribution in [0.25, 0.3) is 0 Å². The topological polar surface area (TPSA) is 120 Å². The second kappa shape index (κ2) is 10.0. The lowest BCUT2D eigenvalue weighted by Crippen LogP contribution is -2.48. The van der Waals surface area contributed by atoms with Crippen LogP contribution in [0.3, 0.4) is 0 Å². The van der Waals surface area contributed by atoms with E-state index in [9.17, 15) is 18.0 Å². The van der Waals surface area contributed by atoms with Crippen molar-refractivity contribution in [1.29, 1.82) is 0 Å². The van der Waals surface area contributed by atoms with Crippen molar-refractivity contribution in [2.45, 2.75) is 44.0 Å². The molecule has 2 aliphatic rings. The molecule has 3 atom stereocenters. The minimum Gasteiger partial charge on any atom is -0.454 e. The molecule has 0 unspecified atom stereocenters. The lowest BCUT2D eigenvalue weighted by atomic mass is 10.2. The summed E-state index contributed by atoms with van der Waals surface area (Å²) in [5.74, 6) is -0.381. The number of morpholine rings is 1. The highest BCUT2D eigenvalue weighted by Gasteiger charge is 2.34. The Morgan fingerprint density at radius 3 is 2.49 bits per heavy atom. The molecule has 2 aromatic rings. The fraction of sp³-hybridized carbons (Fsp3) is 0.391. The minimum atomic E-state index is -3.99. The van der Waals surface area contributed by atoms with Crippen LogP contribution in [0.5, 0.6) is 11.5 Å². The Morgan fingerprint density at radius 2 is 1.77 bits per heavy atom. The molecule has 0 spiro atoms. The van der Waals surface area contributed by atoms with Gasteiger partial charge in [-0.3, -0.25) is 4.79 Å². The van der Waals surface area contributed by atoms with Crippen LogP contribution < -0.4 is 14.8 Å². The van der Waals surface area contributed by atoms with Gasteiger partial charge in [0.05, 0.1) is 22.8 Å². The summed E-state index contributed by atoms with van der Waals surface area (Å²) < 4.78 is 49.1. The Labute approximate surface area is 208 Å². The molecule has 1 saturated heterocycles. The maximum atomic E-state index is 13.2. The number of hydrogen-bond acceptors (Lipinski definition) is 8. The van der Waals surface area contributed by atoms with Crippen molar-refractivity contribution < 1.29 is 37.0 Å². The first-order chi connectivity index (χ1) is 16.5. The van der Waals surface area contributed by atoms with Crippen LogP contribution in [0.2, 0.25) is 5.02 Å². The van der Waals surface area contributed by atoms with Gasteiger partial charge in [0.1, 0.15) is 4.90 Å². The molecular formula is C23H25ClN2O8S. The molecule has 12 heteroatoms. The van der Waals surface area contributed by atoms with Crippen LogP contribution >= 0.6 is 11.6 Å². The van der Waals surface area contributed by atoms with E-state index in [-0.39, 0.29) is 47.6 Å². The Hall–Kier alpha value is -2.86. The summed E-state index contributed by atoms with van der Waals surface area (Å²) in [7, 11) is -3.99. The van der Waals surface area contributed by atoms with E-state index in [1.54, 1.807) is 32.0 Å². The fourth-order valence-corrected chi connectivity index (χ4v) is 5.89. The number of anilines is 1. The zero-order valence-electron chi connectivity index (χ0n) is 19.3. The monoisotopic (exact) mass is 524 g/mol. The van der Waals surface area contributed by atoms with E-state index in [2.05, 4.69) is 5.32 Å². The summed E-state index contributed by atoms with van der Waals surface area (Å²) in [6.45, 7) is 5.39. The number of nitrogens with one attached hydrogen (secondary N) is 1. The van der Waals surface area contributed by atoms with Gasteiger partial charge in [-0.1, -0.05) is 11.6 Å². The molecule has 188 valence electrons. The molecule has 2 aromatic carbocycles. The van der Waals surface area contributed by atoms with Crippen molar-refractivity contribution >= 4 is 39.2 Å². The molecule has 0 aliphatic carbocycles. The first-order valence-corrected chi connectivity index (χ1v) is 12.7. The fourth-order valence-electron chi connectivity index (χ4n) is 3.79. The number of carbonyl (C=O) groups excluding carboxylic acids is 2. The maximum Gasteiger partial charge on any atom is 0.338 e. The first-order valence-electron chi connectivity index (χ1n) is 10.9. The SMILES string of the molecule is C[C@@H]1CN(S(=O)(=O)c2cc(C(=O)O[C@H](C)C(=O)Nc3ccc4c(c3)OCO4)ccc2Cl)C[C@H](C)O1. The molecular weight excluding hydrogens is 500 g/mol. The van der Waals surface area contributed by atoms with Gasteiger partial charge in [0, 0.05) is 24.8 Å². The summed E-state index contributed by atoms with van der Waals surface area (Å²) in [4.78, 5) is 25.0. The van der Waals surface area contributed by atoms with Crippen molar-refractivity contribution in [3.63, 3.8) is 0 Å². The second-order valence-corrected chi connectivity index (χ2v) is 10.6. The third kappa shape index (κ3) is 5.53. The highest BCUT2D eigenvalue weighted by molar-refractivity contribution is 7.89. The number of carbonyl (C=O) groups is 2. The highest BCUT2D eigenvalue weighted by Crippen LogP contribution is 2.34. The second-order valence-electron chi connectivity index (χ2n) is 8.33. The lowest BCUT2D eigenvalue weighted by molar-refractivity contribution is -0.123. The summed E-state index contributed by atoms with van der Waals surface area (Å²) in [5, 5.41) is 2.61. The number of rotatable bonds is 6. The Balaban J connectivity index is 1.46. The molecule has 1 fully saturated rings. The lowest BCUT2D eigenvalue weighted by Gasteiger charge is -2.34. The number of halogens is 1. The quantitative estimate of drug-likeness (QED) is 0.572. The van der Waals surface area contributed by atoms with Crippen LogP contribution in [0.4, 0.5) is 5.69 Å². The van der Waals surface area contributed by atoms with Crippen LogP contribution in [-0.4, -0.2) is 62.8 Å². The first kappa shape index (κ1) is 25.2. The number of hydrogen-bond donors (Lipinski definition) is 1. The maximum absolute atomic E-state index is 13.2. The zero-order chi connectivity index (χ0) is 25.3. The van der Waals surface area contributed by atoms with Gasteiger partial charge >= 0.3 is 5.97 Å². The van der Waals surface area contributed by atoms with E-state index >= 15 is 0 Å². The van der Waals surface area contributed by atoms with Gasteiger partial charge in [-0.2, -0.15) is 4.31 Å². The van der Waals surface area contributed by atoms with Gasteiger partial charge in [-0.05, 0) is 51.1 Å². The van der Waals surface area contributed by atoms with E-state index in [0.717, 1.165) is 6.07 Å². The molecule has 4 rings (SSSR count). The number of amides is 1. The Kier molecular flexibility index (Phi) is 7.22. The molecule has 0 saturated carbocycles. The van der Waals surface area contributed by atoms with Gasteiger partial charge in [-0.15, -0.1) is 0 Å². The normalized spacial score (nSPS) is 20.8. The number of benzene rings is 2. The van der Waals surface area contributed by atoms with Gasteiger partial charge in [-0.25, -0.2) is 13.2 Å². The molecule has 1 amide bonds. The summed E-state index contributed by atoms with van der Waals surface area (Å²) in [6.07, 6.45) is -1.74. The van der Waals surface area contributed by atoms with E-state index in [0.29, 0.717) is 17.2 Å². The van der Waals surface area contributed by atoms with Crippen molar-refractivity contribution in [2.24, 2.45) is 0 Å². The third-order valence-electron chi connectivity index (χ3n) is 5.46. The van der Waals surface area contributed by atoms with Gasteiger partial charge in [0.15, 0.2) is 17.6 Å². The van der Waals surface area contributed by atoms with Crippen molar-refractivity contribution in [1.82, 2.24) is 4.31 Å². The van der Waals surface area contributed by atoms with E-state index in [1.807, 2.05) is 0 Å². The predicted molar refractivity (Wildman–Crippen MR) is 126 cm³/mol. The molecule has 0 aromatic heterocycles. The minimum absolute atomic E-state index is 0.0260. The molecule has 0 bridgehead atoms. The third-order valence-corrected chi connectivity index (χ3v) is 7.78. The summed E-state index contributed by atoms with van der Waals surface area (Å²) >= 11 is 6.19. The summed E-state index contributed by atoms with van der Waals surface area (Å²) in [5.41, 5.74) is 0.390. The number of sulfonamides is 1. The van der Waals surface area contributed by atoms with Crippen molar-refractivity contribution in [3.05, 3.63) is 47.0 Å². The number of nitrogens with zero attached hydrogens (tertiary/aromatic N) is 1. The van der Waals surface area contributed by atoms with Gasteiger partial charge in [0.25, 0.3) is 5.91 Å². The van der Waals surface area contributed by atoms with Crippen LogP contribution in [-0.2, 0) is 24.3 Å². The molecule has 2 heterocycles. The average Bonchev–Trinajstić information content (AvgIpc) is 3.26. The average molecular weight is 525 g/mol. The molecule has 35 heavy (non-hydrogen) atoms. The molecule has 0 radical (unpaired) electrons. The highest BCUT2D eigenvalue weighted by atomic mass is 35.5. The number of esters is 1. The van der Waals surface area contributed by atoms with Gasteiger partial charge in [0.2, 0.25) is 16.8 Å². The number of ether oxygens (including phenoxy) is 4. The van der Waals surface area contributed by atoms with Crippen LogP contribution in [0.1, 0.15) is 31.1 Å². The molecule has 2 aliphatic heterocycles. The van der Waals surface area contributed by atoms with E-state index < -0.39 is 28.0 Å². The smallest absolute Gasteiger partial charge is 0.338 e. The van der Waals surface area contributed by atoms with E-state index in [4.69, 9.17) is 30.5 Å². The predicted octanol–water partition coefficient (Wildman–Crippen LogP) is 3.05. The largest absolute Gasteiger partial charge is 0.454 e. The number of fused-ring (bicyclic) bond motifs is 1. The summed E-state index contributed by atoms with van der Waals surface area (Å²) in [6, 6.07) is 8.70. The Morgan fingerprint density at radius 1 is 1.09 bits per heavy atom. The van der Waals surface area contributed by atoms with Crippen molar-refractivity contribution in [3.8, 4) is 11.5 Å². The van der Waals surface area contributed by atoms with Crippen LogP contribution in [0, 0.1) is 0 Å².